The van der Waals surface area contributed by atoms with Crippen LogP contribution in [0.3, 0.4) is 0 Å². The van der Waals surface area contributed by atoms with Crippen LogP contribution in [0.4, 0.5) is 5.69 Å². The third-order valence-electron chi connectivity index (χ3n) is 3.86. The molecule has 0 unspecified atom stereocenters. The standard InChI is InChI=1S/C19H16ClN3/c20-17-9-5-4-8-15(17)13-23-16(12-21)11-18(22)19(23)10-14-6-2-1-3-7-14/h1-9,11H,10,13,22H2. The van der Waals surface area contributed by atoms with E-state index < -0.39 is 0 Å². The van der Waals surface area contributed by atoms with Crippen LogP contribution in [-0.4, -0.2) is 4.57 Å². The van der Waals surface area contributed by atoms with Gasteiger partial charge in [-0.05, 0) is 23.3 Å². The number of nitrogens with zero attached hydrogens (tertiary/aromatic N) is 2. The van der Waals surface area contributed by atoms with Gasteiger partial charge < -0.3 is 10.3 Å². The number of halogens is 1. The third kappa shape index (κ3) is 3.23. The van der Waals surface area contributed by atoms with Crippen molar-refractivity contribution >= 4 is 17.3 Å². The molecule has 0 aliphatic rings. The molecular weight excluding hydrogens is 306 g/mol. The molecule has 114 valence electrons. The molecule has 2 N–H and O–H groups in total. The summed E-state index contributed by atoms with van der Waals surface area (Å²) < 4.78 is 1.95. The van der Waals surface area contributed by atoms with Crippen LogP contribution in [0.1, 0.15) is 22.5 Å². The van der Waals surface area contributed by atoms with Crippen molar-refractivity contribution in [3.8, 4) is 6.07 Å². The summed E-state index contributed by atoms with van der Waals surface area (Å²) in [4.78, 5) is 0. The minimum atomic E-state index is 0.530. The van der Waals surface area contributed by atoms with E-state index in [0.29, 0.717) is 29.4 Å². The molecule has 3 nitrogen and oxygen atoms in total. The molecule has 0 fully saturated rings. The van der Waals surface area contributed by atoms with E-state index in [1.807, 2.05) is 47.0 Å². The summed E-state index contributed by atoms with van der Waals surface area (Å²) in [7, 11) is 0. The first kappa shape index (κ1) is 15.2. The summed E-state index contributed by atoms with van der Waals surface area (Å²) in [6.07, 6.45) is 0.679. The van der Waals surface area contributed by atoms with Crippen LogP contribution in [0.25, 0.3) is 0 Å². The molecular formula is C19H16ClN3. The predicted octanol–water partition coefficient (Wildman–Crippen LogP) is 4.23. The highest BCUT2D eigenvalue weighted by Crippen LogP contribution is 2.25. The number of hydrogen-bond donors (Lipinski definition) is 1. The van der Waals surface area contributed by atoms with Crippen LogP contribution in [0.15, 0.2) is 60.7 Å². The normalized spacial score (nSPS) is 10.4. The Morgan fingerprint density at radius 2 is 1.74 bits per heavy atom. The summed E-state index contributed by atoms with van der Waals surface area (Å²) >= 11 is 6.26. The molecule has 0 radical (unpaired) electrons. The molecule has 0 bridgehead atoms. The quantitative estimate of drug-likeness (QED) is 0.781. The Kier molecular flexibility index (Phi) is 4.36. The van der Waals surface area contributed by atoms with Crippen LogP contribution >= 0.6 is 11.6 Å². The van der Waals surface area contributed by atoms with E-state index in [4.69, 9.17) is 17.3 Å². The van der Waals surface area contributed by atoms with Crippen molar-refractivity contribution in [2.24, 2.45) is 0 Å². The molecule has 0 aliphatic heterocycles. The molecule has 3 rings (SSSR count). The van der Waals surface area contributed by atoms with Crippen molar-refractivity contribution in [3.63, 3.8) is 0 Å². The first-order chi connectivity index (χ1) is 11.2. The van der Waals surface area contributed by atoms with E-state index in [2.05, 4.69) is 18.2 Å². The van der Waals surface area contributed by atoms with E-state index in [-0.39, 0.29) is 0 Å². The van der Waals surface area contributed by atoms with Gasteiger partial charge in [0.25, 0.3) is 0 Å². The van der Waals surface area contributed by atoms with Crippen LogP contribution in [0.2, 0.25) is 5.02 Å². The van der Waals surface area contributed by atoms with Crippen molar-refractivity contribution in [1.82, 2.24) is 4.57 Å². The average molecular weight is 322 g/mol. The minimum Gasteiger partial charge on any atom is -0.397 e. The number of nitrogens with two attached hydrogens (primary N) is 1. The fourth-order valence-corrected chi connectivity index (χ4v) is 2.86. The largest absolute Gasteiger partial charge is 0.397 e. The van der Waals surface area contributed by atoms with Gasteiger partial charge in [-0.15, -0.1) is 0 Å². The highest BCUT2D eigenvalue weighted by molar-refractivity contribution is 6.31. The zero-order chi connectivity index (χ0) is 16.2. The van der Waals surface area contributed by atoms with Gasteiger partial charge in [0.05, 0.1) is 12.2 Å². The van der Waals surface area contributed by atoms with Gasteiger partial charge >= 0.3 is 0 Å². The maximum absolute atomic E-state index is 9.41. The van der Waals surface area contributed by atoms with Crippen molar-refractivity contribution in [2.45, 2.75) is 13.0 Å². The van der Waals surface area contributed by atoms with Gasteiger partial charge in [0, 0.05) is 17.1 Å². The first-order valence-corrected chi connectivity index (χ1v) is 7.72. The van der Waals surface area contributed by atoms with E-state index in [0.717, 1.165) is 16.8 Å². The number of anilines is 1. The Bertz CT molecular complexity index is 860. The van der Waals surface area contributed by atoms with Crippen molar-refractivity contribution in [2.75, 3.05) is 5.73 Å². The lowest BCUT2D eigenvalue weighted by molar-refractivity contribution is 0.749. The molecule has 23 heavy (non-hydrogen) atoms. The smallest absolute Gasteiger partial charge is 0.122 e. The number of nitrogen functional groups attached to an aromatic ring is 1. The summed E-state index contributed by atoms with van der Waals surface area (Å²) in [6.45, 7) is 0.530. The molecule has 0 saturated carbocycles. The molecule has 0 aliphatic carbocycles. The van der Waals surface area contributed by atoms with E-state index in [9.17, 15) is 5.26 Å². The molecule has 2 aromatic carbocycles. The molecule has 1 heterocycles. The summed E-state index contributed by atoms with van der Waals surface area (Å²) in [6, 6.07) is 21.7. The Morgan fingerprint density at radius 3 is 2.43 bits per heavy atom. The number of nitriles is 1. The zero-order valence-corrected chi connectivity index (χ0v) is 13.3. The number of benzene rings is 2. The SMILES string of the molecule is N#Cc1cc(N)c(Cc2ccccc2)n1Cc1ccccc1Cl. The molecule has 1 aromatic heterocycles. The molecule has 0 saturated heterocycles. The lowest BCUT2D eigenvalue weighted by atomic mass is 10.1. The van der Waals surface area contributed by atoms with Gasteiger partial charge in [0.1, 0.15) is 11.8 Å². The second-order valence-corrected chi connectivity index (χ2v) is 5.79. The summed E-state index contributed by atoms with van der Waals surface area (Å²) in [5.74, 6) is 0. The predicted molar refractivity (Wildman–Crippen MR) is 93.4 cm³/mol. The highest BCUT2D eigenvalue weighted by Gasteiger charge is 2.15. The van der Waals surface area contributed by atoms with E-state index in [1.54, 1.807) is 6.07 Å². The average Bonchev–Trinajstić information content (AvgIpc) is 2.86. The van der Waals surface area contributed by atoms with Crippen LogP contribution in [0.5, 0.6) is 0 Å². The highest BCUT2D eigenvalue weighted by atomic mass is 35.5. The maximum atomic E-state index is 9.41. The Morgan fingerprint density at radius 1 is 1.04 bits per heavy atom. The van der Waals surface area contributed by atoms with Gasteiger partial charge in [-0.2, -0.15) is 5.26 Å². The number of rotatable bonds is 4. The molecule has 0 spiro atoms. The Hall–Kier alpha value is -2.70. The minimum absolute atomic E-state index is 0.530. The zero-order valence-electron chi connectivity index (χ0n) is 12.5. The van der Waals surface area contributed by atoms with Crippen molar-refractivity contribution < 1.29 is 0 Å². The Labute approximate surface area is 140 Å². The maximum Gasteiger partial charge on any atom is 0.122 e. The van der Waals surface area contributed by atoms with Crippen molar-refractivity contribution in [1.29, 1.82) is 5.26 Å². The molecule has 4 heteroatoms. The first-order valence-electron chi connectivity index (χ1n) is 7.34. The van der Waals surface area contributed by atoms with Crippen LogP contribution < -0.4 is 5.73 Å². The van der Waals surface area contributed by atoms with Gasteiger partial charge in [0.15, 0.2) is 0 Å². The van der Waals surface area contributed by atoms with Crippen LogP contribution in [-0.2, 0) is 13.0 Å². The second-order valence-electron chi connectivity index (χ2n) is 5.38. The molecule has 3 aromatic rings. The third-order valence-corrected chi connectivity index (χ3v) is 4.23. The lowest BCUT2D eigenvalue weighted by Gasteiger charge is -2.13. The van der Waals surface area contributed by atoms with E-state index in [1.165, 1.54) is 0 Å². The number of hydrogen-bond acceptors (Lipinski definition) is 2. The number of aromatic nitrogens is 1. The van der Waals surface area contributed by atoms with Crippen molar-refractivity contribution in [3.05, 3.63) is 88.2 Å². The summed E-state index contributed by atoms with van der Waals surface area (Å²) in [5.41, 5.74) is 10.4. The van der Waals surface area contributed by atoms with Gasteiger partial charge in [-0.1, -0.05) is 60.1 Å². The topological polar surface area (TPSA) is 54.7 Å². The molecule has 0 atom stereocenters. The van der Waals surface area contributed by atoms with E-state index >= 15 is 0 Å². The fourth-order valence-electron chi connectivity index (χ4n) is 2.67. The van der Waals surface area contributed by atoms with Gasteiger partial charge in [-0.25, -0.2) is 0 Å². The van der Waals surface area contributed by atoms with Gasteiger partial charge in [0.2, 0.25) is 0 Å². The Balaban J connectivity index is 2.01. The molecule has 0 amide bonds. The van der Waals surface area contributed by atoms with Gasteiger partial charge in [-0.3, -0.25) is 0 Å². The van der Waals surface area contributed by atoms with Crippen LogP contribution in [0, 0.1) is 11.3 Å². The fraction of sp³-hybridized carbons (Fsp3) is 0.105. The monoisotopic (exact) mass is 321 g/mol. The summed E-state index contributed by atoms with van der Waals surface area (Å²) in [5, 5.41) is 10.1. The lowest BCUT2D eigenvalue weighted by Crippen LogP contribution is -2.09. The second kappa shape index (κ2) is 6.60.